The van der Waals surface area contributed by atoms with Crippen molar-refractivity contribution in [1.29, 1.82) is 0 Å². The molecule has 8 heteroatoms. The first-order chi connectivity index (χ1) is 15.4. The molecule has 0 aliphatic carbocycles. The summed E-state index contributed by atoms with van der Waals surface area (Å²) in [5.41, 5.74) is 0.305. The van der Waals surface area contributed by atoms with E-state index in [9.17, 15) is 18.0 Å². The Labute approximate surface area is 181 Å². The molecule has 4 aromatic rings. The van der Waals surface area contributed by atoms with E-state index in [1.165, 1.54) is 25.4 Å². The van der Waals surface area contributed by atoms with Gasteiger partial charge in [-0.1, -0.05) is 42.5 Å². The van der Waals surface area contributed by atoms with E-state index >= 15 is 0 Å². The number of hydrogen-bond donors (Lipinski definition) is 2. The minimum absolute atomic E-state index is 0.240. The maximum atomic E-state index is 13.0. The molecule has 0 radical (unpaired) electrons. The standard InChI is InChI=1S/C24H18F3N3O2/c1-32-21-12-5-4-11-20(21)30-23(31)19-14-28-22(18-10-3-2-9-17(18)19)29-16-8-6-7-15(13-16)24(25,26)27/h2-14H,1H3,(H,28,29)(H,30,31). The van der Waals surface area contributed by atoms with Crippen LogP contribution in [0.4, 0.5) is 30.4 Å². The van der Waals surface area contributed by atoms with Crippen molar-refractivity contribution in [3.05, 3.63) is 90.1 Å². The maximum Gasteiger partial charge on any atom is 0.416 e. The number of rotatable bonds is 5. The lowest BCUT2D eigenvalue weighted by Crippen LogP contribution is -2.14. The molecule has 0 atom stereocenters. The number of carbonyl (C=O) groups is 1. The summed E-state index contributed by atoms with van der Waals surface area (Å²) in [5.74, 6) is 0.471. The SMILES string of the molecule is COc1ccccc1NC(=O)c1cnc(Nc2cccc(C(F)(F)F)c2)c2ccccc12. The van der Waals surface area contributed by atoms with Gasteiger partial charge >= 0.3 is 6.18 Å². The van der Waals surface area contributed by atoms with E-state index in [1.807, 2.05) is 0 Å². The lowest BCUT2D eigenvalue weighted by molar-refractivity contribution is -0.137. The second kappa shape index (κ2) is 8.58. The van der Waals surface area contributed by atoms with Crippen molar-refractivity contribution in [3.63, 3.8) is 0 Å². The Hall–Kier alpha value is -4.07. The van der Waals surface area contributed by atoms with Crippen LogP contribution in [0.2, 0.25) is 0 Å². The number of nitrogens with one attached hydrogen (secondary N) is 2. The number of hydrogen-bond acceptors (Lipinski definition) is 4. The van der Waals surface area contributed by atoms with Gasteiger partial charge in [0.1, 0.15) is 11.6 Å². The molecule has 3 aromatic carbocycles. The van der Waals surface area contributed by atoms with Gasteiger partial charge in [-0.25, -0.2) is 4.98 Å². The summed E-state index contributed by atoms with van der Waals surface area (Å²) < 4.78 is 44.4. The lowest BCUT2D eigenvalue weighted by Gasteiger charge is -2.14. The van der Waals surface area contributed by atoms with Gasteiger partial charge in [-0.3, -0.25) is 4.79 Å². The summed E-state index contributed by atoms with van der Waals surface area (Å²) in [7, 11) is 1.51. The van der Waals surface area contributed by atoms with Crippen molar-refractivity contribution in [2.24, 2.45) is 0 Å². The first-order valence-electron chi connectivity index (χ1n) is 9.63. The van der Waals surface area contributed by atoms with Crippen molar-refractivity contribution in [3.8, 4) is 5.75 Å². The largest absolute Gasteiger partial charge is 0.495 e. The van der Waals surface area contributed by atoms with Crippen LogP contribution in [0.1, 0.15) is 15.9 Å². The Morgan fingerprint density at radius 1 is 0.938 bits per heavy atom. The second-order valence-corrected chi connectivity index (χ2v) is 6.92. The summed E-state index contributed by atoms with van der Waals surface area (Å²) in [5, 5.41) is 6.94. The van der Waals surface area contributed by atoms with E-state index in [0.717, 1.165) is 12.1 Å². The zero-order chi connectivity index (χ0) is 22.7. The summed E-state index contributed by atoms with van der Waals surface area (Å²) in [6.07, 6.45) is -3.06. The highest BCUT2D eigenvalue weighted by Gasteiger charge is 2.30. The highest BCUT2D eigenvalue weighted by molar-refractivity contribution is 6.14. The fourth-order valence-corrected chi connectivity index (χ4v) is 3.32. The number of pyridine rings is 1. The number of fused-ring (bicyclic) bond motifs is 1. The van der Waals surface area contributed by atoms with Gasteiger partial charge in [0.25, 0.3) is 5.91 Å². The number of aromatic nitrogens is 1. The third-order valence-corrected chi connectivity index (χ3v) is 4.85. The molecule has 0 spiro atoms. The van der Waals surface area contributed by atoms with Crippen molar-refractivity contribution in [2.75, 3.05) is 17.7 Å². The van der Waals surface area contributed by atoms with Crippen LogP contribution in [0.3, 0.4) is 0 Å². The summed E-state index contributed by atoms with van der Waals surface area (Å²) >= 11 is 0. The summed E-state index contributed by atoms with van der Waals surface area (Å²) in [6.45, 7) is 0. The number of anilines is 3. The minimum Gasteiger partial charge on any atom is -0.495 e. The van der Waals surface area contributed by atoms with Crippen LogP contribution in [0.15, 0.2) is 79.0 Å². The van der Waals surface area contributed by atoms with Crippen LogP contribution in [-0.2, 0) is 6.18 Å². The molecule has 4 rings (SSSR count). The number of para-hydroxylation sites is 2. The number of ether oxygens (including phenoxy) is 1. The fraction of sp³-hybridized carbons (Fsp3) is 0.0833. The van der Waals surface area contributed by atoms with Gasteiger partial charge in [0.2, 0.25) is 0 Å². The van der Waals surface area contributed by atoms with Gasteiger partial charge in [0, 0.05) is 17.3 Å². The summed E-state index contributed by atoms with van der Waals surface area (Å²) in [4.78, 5) is 17.3. The Morgan fingerprint density at radius 3 is 2.41 bits per heavy atom. The minimum atomic E-state index is -4.45. The molecular weight excluding hydrogens is 419 g/mol. The second-order valence-electron chi connectivity index (χ2n) is 6.92. The van der Waals surface area contributed by atoms with Crippen molar-refractivity contribution < 1.29 is 22.7 Å². The number of halogens is 3. The molecule has 0 aliphatic heterocycles. The Bertz CT molecular complexity index is 1290. The first-order valence-corrected chi connectivity index (χ1v) is 9.63. The Balaban J connectivity index is 1.68. The van der Waals surface area contributed by atoms with Gasteiger partial charge in [0.05, 0.1) is 23.9 Å². The lowest BCUT2D eigenvalue weighted by atomic mass is 10.1. The quantitative estimate of drug-likeness (QED) is 0.387. The van der Waals surface area contributed by atoms with Crippen LogP contribution in [0.25, 0.3) is 10.8 Å². The van der Waals surface area contributed by atoms with Gasteiger partial charge in [-0.2, -0.15) is 13.2 Å². The monoisotopic (exact) mass is 437 g/mol. The molecule has 2 N–H and O–H groups in total. The zero-order valence-corrected chi connectivity index (χ0v) is 16.9. The predicted octanol–water partition coefficient (Wildman–Crippen LogP) is 6.26. The van der Waals surface area contributed by atoms with Crippen molar-refractivity contribution >= 4 is 33.9 Å². The van der Waals surface area contributed by atoms with E-state index in [4.69, 9.17) is 4.74 Å². The highest BCUT2D eigenvalue weighted by atomic mass is 19.4. The van der Waals surface area contributed by atoms with Crippen LogP contribution in [0.5, 0.6) is 5.75 Å². The van der Waals surface area contributed by atoms with E-state index in [-0.39, 0.29) is 11.6 Å². The maximum absolute atomic E-state index is 13.0. The average molecular weight is 437 g/mol. The topological polar surface area (TPSA) is 63.2 Å². The Kier molecular flexibility index (Phi) is 5.68. The number of benzene rings is 3. The molecule has 0 aliphatic rings. The fourth-order valence-electron chi connectivity index (χ4n) is 3.32. The molecule has 0 bridgehead atoms. The van der Waals surface area contributed by atoms with E-state index in [1.54, 1.807) is 48.5 Å². The van der Waals surface area contributed by atoms with Crippen LogP contribution in [-0.4, -0.2) is 18.0 Å². The van der Waals surface area contributed by atoms with Crippen molar-refractivity contribution in [2.45, 2.75) is 6.18 Å². The van der Waals surface area contributed by atoms with Gasteiger partial charge < -0.3 is 15.4 Å². The van der Waals surface area contributed by atoms with Crippen molar-refractivity contribution in [1.82, 2.24) is 4.98 Å². The molecule has 0 saturated heterocycles. The number of amides is 1. The third-order valence-electron chi connectivity index (χ3n) is 4.85. The third kappa shape index (κ3) is 4.34. The molecule has 32 heavy (non-hydrogen) atoms. The molecule has 5 nitrogen and oxygen atoms in total. The molecule has 0 unspecified atom stereocenters. The van der Waals surface area contributed by atoms with Crippen LogP contribution < -0.4 is 15.4 Å². The highest BCUT2D eigenvalue weighted by Crippen LogP contribution is 2.33. The number of carbonyl (C=O) groups excluding carboxylic acids is 1. The average Bonchev–Trinajstić information content (AvgIpc) is 2.79. The molecule has 0 saturated carbocycles. The molecule has 1 heterocycles. The molecule has 162 valence electrons. The Morgan fingerprint density at radius 2 is 1.66 bits per heavy atom. The van der Waals surface area contributed by atoms with E-state index in [0.29, 0.717) is 33.6 Å². The van der Waals surface area contributed by atoms with Gasteiger partial charge in [-0.05, 0) is 35.7 Å². The van der Waals surface area contributed by atoms with Gasteiger partial charge in [0.15, 0.2) is 0 Å². The smallest absolute Gasteiger partial charge is 0.416 e. The van der Waals surface area contributed by atoms with Crippen LogP contribution in [0, 0.1) is 0 Å². The molecule has 0 fully saturated rings. The normalized spacial score (nSPS) is 11.2. The number of methoxy groups -OCH3 is 1. The zero-order valence-electron chi connectivity index (χ0n) is 16.9. The molecule has 1 amide bonds. The predicted molar refractivity (Wildman–Crippen MR) is 117 cm³/mol. The number of alkyl halides is 3. The number of nitrogens with zero attached hydrogens (tertiary/aromatic N) is 1. The first kappa shape index (κ1) is 21.2. The molecule has 1 aromatic heterocycles. The van der Waals surface area contributed by atoms with E-state index < -0.39 is 11.7 Å². The summed E-state index contributed by atoms with van der Waals surface area (Å²) in [6, 6.07) is 18.9. The van der Waals surface area contributed by atoms with Gasteiger partial charge in [-0.15, -0.1) is 0 Å². The molecular formula is C24H18F3N3O2. The van der Waals surface area contributed by atoms with E-state index in [2.05, 4.69) is 15.6 Å². The van der Waals surface area contributed by atoms with Crippen LogP contribution >= 0.6 is 0 Å².